The molecule has 0 atom stereocenters. The number of benzene rings is 2. The van der Waals surface area contributed by atoms with Gasteiger partial charge in [-0.25, -0.2) is 0 Å². The van der Waals surface area contributed by atoms with Crippen LogP contribution in [0.4, 0.5) is 13.2 Å². The van der Waals surface area contributed by atoms with Crippen molar-refractivity contribution in [2.75, 3.05) is 0 Å². The highest BCUT2D eigenvalue weighted by atomic mass is 35.5. The Kier molecular flexibility index (Phi) is 3.79. The van der Waals surface area contributed by atoms with Crippen LogP contribution in [0.5, 0.6) is 0 Å². The van der Waals surface area contributed by atoms with Crippen molar-refractivity contribution in [3.8, 4) is 11.3 Å². The highest BCUT2D eigenvalue weighted by Crippen LogP contribution is 2.43. The van der Waals surface area contributed by atoms with E-state index in [2.05, 4.69) is 4.98 Å². The molecule has 1 nitrogen and oxygen atoms in total. The summed E-state index contributed by atoms with van der Waals surface area (Å²) in [5, 5.41) is 0.680. The fraction of sp³-hybridized carbons (Fsp3) is 0.0667. The van der Waals surface area contributed by atoms with Gasteiger partial charge in [-0.2, -0.15) is 13.2 Å². The van der Waals surface area contributed by atoms with E-state index >= 15 is 0 Å². The van der Waals surface area contributed by atoms with Crippen LogP contribution in [-0.2, 0) is 6.18 Å². The Morgan fingerprint density at radius 2 is 1.45 bits per heavy atom. The Morgan fingerprint density at radius 1 is 0.864 bits per heavy atom. The van der Waals surface area contributed by atoms with Gasteiger partial charge in [0.25, 0.3) is 0 Å². The van der Waals surface area contributed by atoms with Crippen molar-refractivity contribution in [1.29, 1.82) is 0 Å². The van der Waals surface area contributed by atoms with Gasteiger partial charge in [-0.05, 0) is 29.8 Å². The average Bonchev–Trinajstić information content (AvgIpc) is 2.78. The maximum Gasteiger partial charge on any atom is 0.419 e. The average molecular weight is 365 g/mol. The maximum atomic E-state index is 13.5. The molecule has 114 valence electrons. The number of H-pyrrole nitrogens is 1. The monoisotopic (exact) mass is 363 g/mol. The molecular weight excluding hydrogens is 358 g/mol. The van der Waals surface area contributed by atoms with Crippen LogP contribution < -0.4 is 0 Å². The standard InChI is InChI=1S/C15H7Cl3F3N/c16-8-3-1-7(2-4-8)14-13(15(19,20)21)9-5-10(17)11(18)6-12(9)22-14/h1-6,22H. The summed E-state index contributed by atoms with van der Waals surface area (Å²) >= 11 is 17.5. The van der Waals surface area contributed by atoms with Gasteiger partial charge in [-0.15, -0.1) is 0 Å². The van der Waals surface area contributed by atoms with E-state index in [1.165, 1.54) is 36.4 Å². The summed E-state index contributed by atoms with van der Waals surface area (Å²) in [6.07, 6.45) is -4.54. The van der Waals surface area contributed by atoms with E-state index in [-0.39, 0.29) is 26.6 Å². The van der Waals surface area contributed by atoms with E-state index in [4.69, 9.17) is 34.8 Å². The van der Waals surface area contributed by atoms with Crippen LogP contribution in [-0.4, -0.2) is 4.98 Å². The number of nitrogens with one attached hydrogen (secondary N) is 1. The summed E-state index contributed by atoms with van der Waals surface area (Å²) in [5.41, 5.74) is -0.173. The lowest BCUT2D eigenvalue weighted by molar-refractivity contribution is -0.135. The van der Waals surface area contributed by atoms with Gasteiger partial charge in [0.05, 0.1) is 21.3 Å². The second-order valence-corrected chi connectivity index (χ2v) is 5.94. The fourth-order valence-corrected chi connectivity index (χ4v) is 2.77. The minimum absolute atomic E-state index is 0.0214. The van der Waals surface area contributed by atoms with Gasteiger partial charge in [0.2, 0.25) is 0 Å². The van der Waals surface area contributed by atoms with E-state index in [0.717, 1.165) is 0 Å². The molecule has 0 unspecified atom stereocenters. The number of aromatic amines is 1. The van der Waals surface area contributed by atoms with Crippen LogP contribution in [0.15, 0.2) is 36.4 Å². The van der Waals surface area contributed by atoms with Gasteiger partial charge in [-0.1, -0.05) is 46.9 Å². The summed E-state index contributed by atoms with van der Waals surface area (Å²) < 4.78 is 40.5. The summed E-state index contributed by atoms with van der Waals surface area (Å²) in [6.45, 7) is 0. The van der Waals surface area contributed by atoms with E-state index < -0.39 is 11.7 Å². The normalized spacial score (nSPS) is 12.1. The van der Waals surface area contributed by atoms with Crippen LogP contribution in [0.3, 0.4) is 0 Å². The lowest BCUT2D eigenvalue weighted by Crippen LogP contribution is -2.06. The Bertz CT molecular complexity index is 851. The van der Waals surface area contributed by atoms with E-state index in [1.807, 2.05) is 0 Å². The largest absolute Gasteiger partial charge is 0.419 e. The van der Waals surface area contributed by atoms with Crippen LogP contribution in [0.25, 0.3) is 22.2 Å². The quantitative estimate of drug-likeness (QED) is 0.488. The first-order valence-electron chi connectivity index (χ1n) is 6.11. The number of fused-ring (bicyclic) bond motifs is 1. The van der Waals surface area contributed by atoms with Crippen molar-refractivity contribution in [3.63, 3.8) is 0 Å². The van der Waals surface area contributed by atoms with Gasteiger partial charge < -0.3 is 4.98 Å². The predicted molar refractivity (Wildman–Crippen MR) is 83.8 cm³/mol. The third kappa shape index (κ3) is 2.67. The predicted octanol–water partition coefficient (Wildman–Crippen LogP) is 6.81. The molecule has 3 rings (SSSR count). The molecule has 0 saturated carbocycles. The Labute approximate surface area is 138 Å². The van der Waals surface area contributed by atoms with Crippen LogP contribution >= 0.6 is 34.8 Å². The second kappa shape index (κ2) is 5.37. The molecule has 1 aromatic heterocycles. The van der Waals surface area contributed by atoms with Crippen molar-refractivity contribution < 1.29 is 13.2 Å². The molecule has 1 N–H and O–H groups in total. The third-order valence-corrected chi connectivity index (χ3v) is 4.23. The highest BCUT2D eigenvalue weighted by molar-refractivity contribution is 6.42. The zero-order valence-electron chi connectivity index (χ0n) is 10.7. The maximum absolute atomic E-state index is 13.5. The van der Waals surface area contributed by atoms with E-state index in [0.29, 0.717) is 10.6 Å². The highest BCUT2D eigenvalue weighted by Gasteiger charge is 2.37. The topological polar surface area (TPSA) is 15.8 Å². The summed E-state index contributed by atoms with van der Waals surface area (Å²) in [6, 6.07) is 8.70. The van der Waals surface area contributed by atoms with Crippen LogP contribution in [0.1, 0.15) is 5.56 Å². The number of rotatable bonds is 1. The number of hydrogen-bond acceptors (Lipinski definition) is 0. The Morgan fingerprint density at radius 3 is 2.05 bits per heavy atom. The Hall–Kier alpha value is -1.36. The number of halogens is 6. The zero-order valence-corrected chi connectivity index (χ0v) is 13.0. The molecule has 0 aliphatic carbocycles. The minimum Gasteiger partial charge on any atom is -0.354 e. The molecule has 0 spiro atoms. The third-order valence-electron chi connectivity index (χ3n) is 3.26. The van der Waals surface area contributed by atoms with E-state index in [1.54, 1.807) is 0 Å². The van der Waals surface area contributed by atoms with Crippen molar-refractivity contribution >= 4 is 45.7 Å². The summed E-state index contributed by atoms with van der Waals surface area (Å²) in [7, 11) is 0. The van der Waals surface area contributed by atoms with Crippen LogP contribution in [0.2, 0.25) is 15.1 Å². The van der Waals surface area contributed by atoms with Gasteiger partial charge in [0, 0.05) is 15.9 Å². The van der Waals surface area contributed by atoms with Crippen molar-refractivity contribution in [1.82, 2.24) is 4.98 Å². The first-order valence-corrected chi connectivity index (χ1v) is 7.24. The van der Waals surface area contributed by atoms with Crippen LogP contribution in [0, 0.1) is 0 Å². The first-order chi connectivity index (χ1) is 10.3. The molecule has 22 heavy (non-hydrogen) atoms. The molecule has 2 aromatic carbocycles. The van der Waals surface area contributed by atoms with Gasteiger partial charge in [0.1, 0.15) is 0 Å². The molecule has 0 aliphatic rings. The Balaban J connectivity index is 2.36. The van der Waals surface area contributed by atoms with Gasteiger partial charge in [-0.3, -0.25) is 0 Å². The molecular formula is C15H7Cl3F3N. The minimum atomic E-state index is -4.54. The van der Waals surface area contributed by atoms with Gasteiger partial charge >= 0.3 is 6.18 Å². The lowest BCUT2D eigenvalue weighted by atomic mass is 10.0. The van der Waals surface area contributed by atoms with E-state index in [9.17, 15) is 13.2 Å². The zero-order chi connectivity index (χ0) is 16.1. The molecule has 0 radical (unpaired) electrons. The number of hydrogen-bond donors (Lipinski definition) is 1. The number of aromatic nitrogens is 1. The molecule has 1 heterocycles. The molecule has 0 amide bonds. The van der Waals surface area contributed by atoms with Crippen molar-refractivity contribution in [2.45, 2.75) is 6.18 Å². The molecule has 0 fully saturated rings. The molecule has 3 aromatic rings. The molecule has 7 heteroatoms. The second-order valence-electron chi connectivity index (χ2n) is 4.69. The first kappa shape index (κ1) is 15.5. The molecule has 0 bridgehead atoms. The van der Waals surface area contributed by atoms with Crippen molar-refractivity contribution in [3.05, 3.63) is 57.0 Å². The fourth-order valence-electron chi connectivity index (χ4n) is 2.32. The SMILES string of the molecule is FC(F)(F)c1c(-c2ccc(Cl)cc2)[nH]c2cc(Cl)c(Cl)cc12. The smallest absolute Gasteiger partial charge is 0.354 e. The lowest BCUT2D eigenvalue weighted by Gasteiger charge is -2.09. The molecule has 0 saturated heterocycles. The summed E-state index contributed by atoms with van der Waals surface area (Å²) in [4.78, 5) is 2.77. The summed E-state index contributed by atoms with van der Waals surface area (Å²) in [5.74, 6) is 0. The number of alkyl halides is 3. The van der Waals surface area contributed by atoms with Crippen molar-refractivity contribution in [2.24, 2.45) is 0 Å². The van der Waals surface area contributed by atoms with Gasteiger partial charge in [0.15, 0.2) is 0 Å². The molecule has 0 aliphatic heterocycles.